The van der Waals surface area contributed by atoms with E-state index in [9.17, 15) is 5.26 Å². The van der Waals surface area contributed by atoms with E-state index in [0.717, 1.165) is 25.7 Å². The van der Waals surface area contributed by atoms with Gasteiger partial charge in [0.15, 0.2) is 0 Å². The highest BCUT2D eigenvalue weighted by Crippen LogP contribution is 2.35. The first-order valence-electron chi connectivity index (χ1n) is 6.49. The first-order valence-corrected chi connectivity index (χ1v) is 6.49. The Morgan fingerprint density at radius 3 is 2.00 bits per heavy atom. The minimum atomic E-state index is -0.259. The van der Waals surface area contributed by atoms with E-state index in [0.29, 0.717) is 0 Å². The summed E-state index contributed by atoms with van der Waals surface area (Å²) in [5.41, 5.74) is 0.918. The molecule has 0 saturated heterocycles. The number of rotatable bonds is 1. The molecule has 0 unspecified atom stereocenters. The molecule has 90 valence electrons. The Bertz CT molecular complexity index is 374. The van der Waals surface area contributed by atoms with Gasteiger partial charge in [0.05, 0.1) is 11.5 Å². The molecule has 2 rings (SSSR count). The van der Waals surface area contributed by atoms with Crippen LogP contribution in [0.3, 0.4) is 0 Å². The molecule has 0 radical (unpaired) electrons. The molecule has 0 atom stereocenters. The van der Waals surface area contributed by atoms with Crippen LogP contribution in [0, 0.1) is 11.3 Å². The standard InChI is InChI=1S/C14H15N.C2H6/c15-12-14(10-6-1-2-7-11-14)13-8-4-3-5-9-13;1-2/h1-5,8-9H,6-7,10-11H2;1-2H3. The molecule has 0 bridgehead atoms. The lowest BCUT2D eigenvalue weighted by Crippen LogP contribution is -2.23. The van der Waals surface area contributed by atoms with Crippen molar-refractivity contribution < 1.29 is 0 Å². The molecule has 1 nitrogen and oxygen atoms in total. The summed E-state index contributed by atoms with van der Waals surface area (Å²) in [5.74, 6) is 0. The maximum Gasteiger partial charge on any atom is 0.0828 e. The molecule has 0 aromatic heterocycles. The van der Waals surface area contributed by atoms with Crippen LogP contribution in [0.1, 0.15) is 45.1 Å². The summed E-state index contributed by atoms with van der Waals surface area (Å²) in [6.07, 6.45) is 8.32. The van der Waals surface area contributed by atoms with Gasteiger partial charge in [-0.05, 0) is 31.2 Å². The van der Waals surface area contributed by atoms with Crippen LogP contribution in [0.5, 0.6) is 0 Å². The van der Waals surface area contributed by atoms with Gasteiger partial charge in [0.2, 0.25) is 0 Å². The molecule has 1 heteroatoms. The first-order chi connectivity index (χ1) is 8.37. The highest BCUT2D eigenvalue weighted by molar-refractivity contribution is 5.33. The summed E-state index contributed by atoms with van der Waals surface area (Å²) in [6, 6.07) is 12.7. The van der Waals surface area contributed by atoms with Gasteiger partial charge in [-0.1, -0.05) is 56.3 Å². The maximum absolute atomic E-state index is 9.44. The average Bonchev–Trinajstić information content (AvgIpc) is 2.68. The number of hydrogen-bond acceptors (Lipinski definition) is 1. The number of allylic oxidation sites excluding steroid dienone is 2. The highest BCUT2D eigenvalue weighted by atomic mass is 14.4. The Morgan fingerprint density at radius 1 is 1.00 bits per heavy atom. The summed E-state index contributed by atoms with van der Waals surface area (Å²) in [4.78, 5) is 0. The third-order valence-corrected chi connectivity index (χ3v) is 3.18. The Kier molecular flexibility index (Phi) is 5.49. The Morgan fingerprint density at radius 2 is 1.53 bits per heavy atom. The van der Waals surface area contributed by atoms with E-state index in [4.69, 9.17) is 0 Å². The summed E-state index contributed by atoms with van der Waals surface area (Å²) < 4.78 is 0. The molecule has 0 amide bonds. The van der Waals surface area contributed by atoms with Gasteiger partial charge in [-0.25, -0.2) is 0 Å². The molecule has 1 aromatic rings. The zero-order valence-electron chi connectivity index (χ0n) is 10.8. The molecule has 17 heavy (non-hydrogen) atoms. The van der Waals surface area contributed by atoms with Crippen molar-refractivity contribution in [1.29, 1.82) is 5.26 Å². The lowest BCUT2D eigenvalue weighted by atomic mass is 9.75. The number of nitrogens with zero attached hydrogens (tertiary/aromatic N) is 1. The van der Waals surface area contributed by atoms with Crippen molar-refractivity contribution in [2.24, 2.45) is 0 Å². The second-order valence-corrected chi connectivity index (χ2v) is 4.11. The van der Waals surface area contributed by atoms with Crippen molar-refractivity contribution in [3.8, 4) is 6.07 Å². The molecule has 0 spiro atoms. The second-order valence-electron chi connectivity index (χ2n) is 4.11. The Labute approximate surface area is 105 Å². The minimum absolute atomic E-state index is 0.259. The number of nitriles is 1. The Balaban J connectivity index is 0.000000686. The van der Waals surface area contributed by atoms with Crippen molar-refractivity contribution in [3.05, 3.63) is 48.0 Å². The van der Waals surface area contributed by atoms with Gasteiger partial charge in [0, 0.05) is 0 Å². The lowest BCUT2D eigenvalue weighted by Gasteiger charge is -2.25. The van der Waals surface area contributed by atoms with Crippen molar-refractivity contribution in [2.75, 3.05) is 0 Å². The predicted octanol–water partition coefficient (Wildman–Crippen LogP) is 4.60. The first kappa shape index (κ1) is 13.5. The van der Waals surface area contributed by atoms with E-state index in [-0.39, 0.29) is 5.41 Å². The van der Waals surface area contributed by atoms with E-state index in [1.54, 1.807) is 0 Å². The van der Waals surface area contributed by atoms with Gasteiger partial charge in [-0.3, -0.25) is 0 Å². The fourth-order valence-corrected chi connectivity index (χ4v) is 2.24. The van der Waals surface area contributed by atoms with Crippen LogP contribution in [-0.4, -0.2) is 0 Å². The van der Waals surface area contributed by atoms with E-state index in [1.165, 1.54) is 5.56 Å². The van der Waals surface area contributed by atoms with Gasteiger partial charge >= 0.3 is 0 Å². The molecular weight excluding hydrogens is 206 g/mol. The van der Waals surface area contributed by atoms with Crippen molar-refractivity contribution >= 4 is 0 Å². The Hall–Kier alpha value is -1.55. The average molecular weight is 227 g/mol. The van der Waals surface area contributed by atoms with E-state index in [2.05, 4.69) is 30.4 Å². The summed E-state index contributed by atoms with van der Waals surface area (Å²) in [5, 5.41) is 9.44. The van der Waals surface area contributed by atoms with Crippen LogP contribution in [0.15, 0.2) is 42.5 Å². The largest absolute Gasteiger partial charge is 0.197 e. The van der Waals surface area contributed by atoms with Crippen molar-refractivity contribution in [2.45, 2.75) is 44.9 Å². The second kappa shape index (κ2) is 6.91. The monoisotopic (exact) mass is 227 g/mol. The van der Waals surface area contributed by atoms with Gasteiger partial charge in [0.25, 0.3) is 0 Å². The van der Waals surface area contributed by atoms with Gasteiger partial charge in [-0.15, -0.1) is 0 Å². The number of benzene rings is 1. The van der Waals surface area contributed by atoms with Crippen LogP contribution in [-0.2, 0) is 5.41 Å². The zero-order chi connectivity index (χ0) is 12.6. The van der Waals surface area contributed by atoms with Gasteiger partial charge in [-0.2, -0.15) is 5.26 Å². The van der Waals surface area contributed by atoms with Gasteiger partial charge in [0.1, 0.15) is 0 Å². The normalized spacial score (nSPS) is 17.2. The third-order valence-electron chi connectivity index (χ3n) is 3.18. The summed E-state index contributed by atoms with van der Waals surface area (Å²) >= 11 is 0. The lowest BCUT2D eigenvalue weighted by molar-refractivity contribution is 0.483. The van der Waals surface area contributed by atoms with Crippen LogP contribution in [0.25, 0.3) is 0 Å². The quantitative estimate of drug-likeness (QED) is 0.643. The molecule has 1 aromatic carbocycles. The van der Waals surface area contributed by atoms with Crippen molar-refractivity contribution in [1.82, 2.24) is 0 Å². The highest BCUT2D eigenvalue weighted by Gasteiger charge is 2.31. The molecule has 1 aliphatic carbocycles. The topological polar surface area (TPSA) is 23.8 Å². The molecule has 0 fully saturated rings. The minimum Gasteiger partial charge on any atom is -0.197 e. The maximum atomic E-state index is 9.44. The summed E-state index contributed by atoms with van der Waals surface area (Å²) in [6.45, 7) is 4.00. The SMILES string of the molecule is CC.N#CC1(c2ccccc2)CCC=CCC1. The van der Waals surface area contributed by atoms with E-state index < -0.39 is 0 Å². The molecule has 0 N–H and O–H groups in total. The van der Waals surface area contributed by atoms with E-state index >= 15 is 0 Å². The van der Waals surface area contributed by atoms with Crippen LogP contribution in [0.2, 0.25) is 0 Å². The predicted molar refractivity (Wildman–Crippen MR) is 72.7 cm³/mol. The van der Waals surface area contributed by atoms with Crippen LogP contribution >= 0.6 is 0 Å². The molecule has 0 saturated carbocycles. The van der Waals surface area contributed by atoms with E-state index in [1.807, 2.05) is 32.0 Å². The third kappa shape index (κ3) is 3.20. The van der Waals surface area contributed by atoms with Crippen LogP contribution in [0.4, 0.5) is 0 Å². The smallest absolute Gasteiger partial charge is 0.0828 e. The fourth-order valence-electron chi connectivity index (χ4n) is 2.24. The fraction of sp³-hybridized carbons (Fsp3) is 0.438. The van der Waals surface area contributed by atoms with Crippen LogP contribution < -0.4 is 0 Å². The molecule has 1 aliphatic rings. The number of hydrogen-bond donors (Lipinski definition) is 0. The molecular formula is C16H21N. The zero-order valence-corrected chi connectivity index (χ0v) is 10.8. The molecule has 0 aliphatic heterocycles. The van der Waals surface area contributed by atoms with Crippen molar-refractivity contribution in [3.63, 3.8) is 0 Å². The summed E-state index contributed by atoms with van der Waals surface area (Å²) in [7, 11) is 0. The van der Waals surface area contributed by atoms with Gasteiger partial charge < -0.3 is 0 Å². The molecule has 0 heterocycles.